The highest BCUT2D eigenvalue weighted by Crippen LogP contribution is 2.17. The molecule has 7 nitrogen and oxygen atoms in total. The molecular weight excluding hydrogens is 304 g/mol. The van der Waals surface area contributed by atoms with Gasteiger partial charge in [-0.05, 0) is 13.8 Å². The molecule has 0 aromatic carbocycles. The summed E-state index contributed by atoms with van der Waals surface area (Å²) in [7, 11) is 2.95. The van der Waals surface area contributed by atoms with E-state index in [1.807, 2.05) is 13.8 Å². The number of carbonyl (C=O) groups is 3. The first kappa shape index (κ1) is 16.4. The summed E-state index contributed by atoms with van der Waals surface area (Å²) in [5, 5.41) is 3.76. The Morgan fingerprint density at radius 3 is 2.50 bits per heavy atom. The van der Waals surface area contributed by atoms with Crippen molar-refractivity contribution >= 4 is 29.2 Å². The average Bonchev–Trinajstić information content (AvgIpc) is 2.87. The van der Waals surface area contributed by atoms with E-state index in [1.165, 1.54) is 23.9 Å². The normalized spacial score (nSPS) is 18.3. The number of rotatable bonds is 5. The molecule has 2 rings (SSSR count). The smallest absolute Gasteiger partial charge is 0.326 e. The van der Waals surface area contributed by atoms with Crippen molar-refractivity contribution in [2.75, 3.05) is 20.6 Å². The Bertz CT molecular complexity index is 594. The van der Waals surface area contributed by atoms with E-state index in [-0.39, 0.29) is 24.3 Å². The van der Waals surface area contributed by atoms with Gasteiger partial charge in [-0.25, -0.2) is 9.78 Å². The number of aryl methyl sites for hydroxylation is 2. The highest BCUT2D eigenvalue weighted by atomic mass is 32.1. The Labute approximate surface area is 133 Å². The van der Waals surface area contributed by atoms with Gasteiger partial charge in [-0.1, -0.05) is 0 Å². The number of imide groups is 1. The highest BCUT2D eigenvalue weighted by molar-refractivity contribution is 7.11. The van der Waals surface area contributed by atoms with Crippen molar-refractivity contribution in [3.63, 3.8) is 0 Å². The largest absolute Gasteiger partial charge is 0.356 e. The molecule has 0 bridgehead atoms. The van der Waals surface area contributed by atoms with Crippen molar-refractivity contribution in [3.8, 4) is 0 Å². The molecule has 0 radical (unpaired) electrons. The molecule has 1 aliphatic heterocycles. The van der Waals surface area contributed by atoms with E-state index in [2.05, 4.69) is 10.3 Å². The first-order valence-corrected chi connectivity index (χ1v) is 7.87. The summed E-state index contributed by atoms with van der Waals surface area (Å²) in [6.07, 6.45) is 0.652. The van der Waals surface area contributed by atoms with Gasteiger partial charge < -0.3 is 10.2 Å². The zero-order chi connectivity index (χ0) is 16.4. The quantitative estimate of drug-likeness (QED) is 0.808. The zero-order valence-electron chi connectivity index (χ0n) is 13.2. The third kappa shape index (κ3) is 3.27. The van der Waals surface area contributed by atoms with Crippen LogP contribution in [0.3, 0.4) is 0 Å². The summed E-state index contributed by atoms with van der Waals surface area (Å²) < 4.78 is 0. The zero-order valence-corrected chi connectivity index (χ0v) is 14.0. The summed E-state index contributed by atoms with van der Waals surface area (Å²) in [5.41, 5.74) is 1.02. The lowest BCUT2D eigenvalue weighted by atomic mass is 10.2. The van der Waals surface area contributed by atoms with E-state index >= 15 is 0 Å². The van der Waals surface area contributed by atoms with Crippen molar-refractivity contribution in [2.24, 2.45) is 0 Å². The van der Waals surface area contributed by atoms with Gasteiger partial charge in [0.2, 0.25) is 5.91 Å². The Balaban J connectivity index is 1.81. The number of urea groups is 1. The first-order chi connectivity index (χ1) is 10.3. The van der Waals surface area contributed by atoms with Crippen molar-refractivity contribution in [3.05, 3.63) is 15.6 Å². The van der Waals surface area contributed by atoms with E-state index in [4.69, 9.17) is 0 Å². The second kappa shape index (κ2) is 6.43. The number of amides is 4. The van der Waals surface area contributed by atoms with Crippen LogP contribution in [0.2, 0.25) is 0 Å². The van der Waals surface area contributed by atoms with Crippen molar-refractivity contribution in [1.29, 1.82) is 0 Å². The van der Waals surface area contributed by atoms with Crippen LogP contribution in [0.4, 0.5) is 4.79 Å². The maximum atomic E-state index is 11.9. The van der Waals surface area contributed by atoms with E-state index in [1.54, 1.807) is 11.3 Å². The molecule has 1 aromatic heterocycles. The van der Waals surface area contributed by atoms with Crippen LogP contribution in [-0.2, 0) is 16.0 Å². The number of hydrogen-bond donors (Lipinski definition) is 1. The van der Waals surface area contributed by atoms with Gasteiger partial charge in [-0.2, -0.15) is 0 Å². The van der Waals surface area contributed by atoms with Crippen LogP contribution in [0.15, 0.2) is 0 Å². The summed E-state index contributed by atoms with van der Waals surface area (Å²) in [6, 6.07) is -1.08. The van der Waals surface area contributed by atoms with Crippen LogP contribution < -0.4 is 5.32 Å². The molecule has 0 unspecified atom stereocenters. The molecule has 4 amide bonds. The third-order valence-electron chi connectivity index (χ3n) is 3.78. The Morgan fingerprint density at radius 2 is 2.00 bits per heavy atom. The maximum Gasteiger partial charge on any atom is 0.326 e. The molecule has 1 aromatic rings. The topological polar surface area (TPSA) is 82.6 Å². The number of carbonyl (C=O) groups excluding carboxylic acids is 3. The first-order valence-electron chi connectivity index (χ1n) is 7.05. The lowest BCUT2D eigenvalue weighted by molar-refractivity contribution is -0.131. The van der Waals surface area contributed by atoms with Gasteiger partial charge in [-0.15, -0.1) is 11.3 Å². The molecule has 1 atom stereocenters. The van der Waals surface area contributed by atoms with Crippen LogP contribution in [0.5, 0.6) is 0 Å². The summed E-state index contributed by atoms with van der Waals surface area (Å²) in [5.74, 6) is -0.577. The van der Waals surface area contributed by atoms with Crippen molar-refractivity contribution in [1.82, 2.24) is 20.1 Å². The van der Waals surface area contributed by atoms with Crippen LogP contribution in [0, 0.1) is 13.8 Å². The maximum absolute atomic E-state index is 11.9. The minimum Gasteiger partial charge on any atom is -0.356 e. The lowest BCUT2D eigenvalue weighted by Crippen LogP contribution is -2.37. The Kier molecular flexibility index (Phi) is 4.80. The summed E-state index contributed by atoms with van der Waals surface area (Å²) in [4.78, 5) is 43.4. The SMILES string of the molecule is Cc1nc(CCNC(=O)C[C@@H]2C(=O)N(C)C(=O)N2C)sc1C. The lowest BCUT2D eigenvalue weighted by Gasteiger charge is -2.15. The monoisotopic (exact) mass is 324 g/mol. The van der Waals surface area contributed by atoms with Crippen LogP contribution in [-0.4, -0.2) is 59.3 Å². The highest BCUT2D eigenvalue weighted by Gasteiger charge is 2.41. The summed E-state index contributed by atoms with van der Waals surface area (Å²) >= 11 is 1.62. The van der Waals surface area contributed by atoms with E-state index in [0.717, 1.165) is 15.6 Å². The molecule has 1 aliphatic rings. The van der Waals surface area contributed by atoms with Crippen molar-refractivity contribution in [2.45, 2.75) is 32.7 Å². The molecular formula is C14H20N4O3S. The molecule has 2 heterocycles. The standard InChI is InChI=1S/C14H20N4O3S/c1-8-9(2)22-12(16-8)5-6-15-11(19)7-10-13(20)18(4)14(21)17(10)3/h10H,5-7H2,1-4H3,(H,15,19)/t10-/m1/s1. The predicted molar refractivity (Wildman–Crippen MR) is 82.6 cm³/mol. The number of nitrogens with zero attached hydrogens (tertiary/aromatic N) is 3. The molecule has 0 spiro atoms. The van der Waals surface area contributed by atoms with Gasteiger partial charge in [0, 0.05) is 31.9 Å². The minimum atomic E-state index is -0.707. The molecule has 8 heteroatoms. The molecule has 120 valence electrons. The average molecular weight is 324 g/mol. The van der Waals surface area contributed by atoms with Gasteiger partial charge in [0.05, 0.1) is 17.1 Å². The molecule has 0 saturated carbocycles. The fraction of sp³-hybridized carbons (Fsp3) is 0.571. The fourth-order valence-electron chi connectivity index (χ4n) is 2.28. The molecule has 0 aliphatic carbocycles. The van der Waals surface area contributed by atoms with Gasteiger partial charge in [0.15, 0.2) is 0 Å². The molecule has 1 fully saturated rings. The van der Waals surface area contributed by atoms with Gasteiger partial charge in [0.1, 0.15) is 6.04 Å². The van der Waals surface area contributed by atoms with Crippen LogP contribution >= 0.6 is 11.3 Å². The van der Waals surface area contributed by atoms with Crippen molar-refractivity contribution < 1.29 is 14.4 Å². The van der Waals surface area contributed by atoms with Crippen LogP contribution in [0.1, 0.15) is 22.0 Å². The second-order valence-corrected chi connectivity index (χ2v) is 6.65. The molecule has 1 N–H and O–H groups in total. The van der Waals surface area contributed by atoms with Gasteiger partial charge >= 0.3 is 6.03 Å². The van der Waals surface area contributed by atoms with E-state index in [0.29, 0.717) is 13.0 Å². The Morgan fingerprint density at radius 1 is 1.32 bits per heavy atom. The third-order valence-corrected chi connectivity index (χ3v) is 4.92. The van der Waals surface area contributed by atoms with E-state index < -0.39 is 6.04 Å². The molecule has 22 heavy (non-hydrogen) atoms. The Hall–Kier alpha value is -1.96. The number of likely N-dealkylation sites (N-methyl/N-ethyl adjacent to an activating group) is 2. The molecule has 1 saturated heterocycles. The number of aromatic nitrogens is 1. The summed E-state index contributed by atoms with van der Waals surface area (Å²) in [6.45, 7) is 4.45. The number of hydrogen-bond acceptors (Lipinski definition) is 5. The number of thiazole rings is 1. The second-order valence-electron chi connectivity index (χ2n) is 5.36. The van der Waals surface area contributed by atoms with Crippen LogP contribution in [0.25, 0.3) is 0 Å². The fourth-order valence-corrected chi connectivity index (χ4v) is 3.21. The van der Waals surface area contributed by atoms with E-state index in [9.17, 15) is 14.4 Å². The van der Waals surface area contributed by atoms with Gasteiger partial charge in [-0.3, -0.25) is 14.5 Å². The van der Waals surface area contributed by atoms with Gasteiger partial charge in [0.25, 0.3) is 5.91 Å². The number of nitrogens with one attached hydrogen (secondary N) is 1. The minimum absolute atomic E-state index is 0.0126. The predicted octanol–water partition coefficient (Wildman–Crippen LogP) is 0.701.